The van der Waals surface area contributed by atoms with Crippen LogP contribution in [0.4, 0.5) is 11.4 Å². The molecule has 1 N–H and O–H groups in total. The topological polar surface area (TPSA) is 55.2 Å². The highest BCUT2D eigenvalue weighted by Crippen LogP contribution is 2.39. The number of nitro groups is 1. The normalized spacial score (nSPS) is 22.1. The van der Waals surface area contributed by atoms with Crippen molar-refractivity contribution in [2.24, 2.45) is 0 Å². The van der Waals surface area contributed by atoms with Gasteiger partial charge in [0.25, 0.3) is 5.69 Å². The highest BCUT2D eigenvalue weighted by atomic mass is 16.6. The summed E-state index contributed by atoms with van der Waals surface area (Å²) in [6.07, 6.45) is 1.04. The van der Waals surface area contributed by atoms with Crippen molar-refractivity contribution in [1.29, 1.82) is 0 Å². The van der Waals surface area contributed by atoms with E-state index < -0.39 is 0 Å². The lowest BCUT2D eigenvalue weighted by Gasteiger charge is -2.37. The smallest absolute Gasteiger partial charge is 0.271 e. The van der Waals surface area contributed by atoms with Crippen molar-refractivity contribution < 1.29 is 4.92 Å². The summed E-state index contributed by atoms with van der Waals surface area (Å²) in [7, 11) is 0. The first-order chi connectivity index (χ1) is 7.39. The lowest BCUT2D eigenvalue weighted by atomic mass is 9.82. The molecule has 2 rings (SSSR count). The lowest BCUT2D eigenvalue weighted by Crippen LogP contribution is -2.36. The van der Waals surface area contributed by atoms with Crippen LogP contribution in [0.3, 0.4) is 0 Å². The summed E-state index contributed by atoms with van der Waals surface area (Å²) in [5, 5.41) is 14.1. The third kappa shape index (κ3) is 1.87. The summed E-state index contributed by atoms with van der Waals surface area (Å²) in [6.45, 7) is 6.39. The van der Waals surface area contributed by atoms with Gasteiger partial charge in [0.05, 0.1) is 4.92 Å². The van der Waals surface area contributed by atoms with Gasteiger partial charge in [-0.2, -0.15) is 0 Å². The Kier molecular flexibility index (Phi) is 2.37. The van der Waals surface area contributed by atoms with E-state index in [1.54, 1.807) is 12.1 Å². The molecule has 4 nitrogen and oxygen atoms in total. The SMILES string of the molecule is C[C@@H]1CC(C)(C)Nc2cc([N+](=O)[O-])ccc21. The van der Waals surface area contributed by atoms with Gasteiger partial charge in [0, 0.05) is 23.4 Å². The molecule has 1 aromatic carbocycles. The van der Waals surface area contributed by atoms with Crippen LogP contribution in [0.1, 0.15) is 38.7 Å². The van der Waals surface area contributed by atoms with E-state index in [9.17, 15) is 10.1 Å². The predicted octanol–water partition coefficient (Wildman–Crippen LogP) is 3.29. The molecule has 0 saturated heterocycles. The number of rotatable bonds is 1. The Morgan fingerprint density at radius 2 is 2.19 bits per heavy atom. The summed E-state index contributed by atoms with van der Waals surface area (Å²) in [4.78, 5) is 10.4. The van der Waals surface area contributed by atoms with Crippen molar-refractivity contribution in [1.82, 2.24) is 0 Å². The van der Waals surface area contributed by atoms with E-state index in [-0.39, 0.29) is 16.1 Å². The Balaban J connectivity index is 2.46. The fraction of sp³-hybridized carbons (Fsp3) is 0.500. The zero-order valence-corrected chi connectivity index (χ0v) is 9.78. The van der Waals surface area contributed by atoms with Crippen molar-refractivity contribution in [3.8, 4) is 0 Å². The molecule has 0 amide bonds. The Hall–Kier alpha value is -1.58. The van der Waals surface area contributed by atoms with E-state index in [1.807, 2.05) is 6.07 Å². The fourth-order valence-corrected chi connectivity index (χ4v) is 2.49. The molecule has 0 aliphatic carbocycles. The maximum absolute atomic E-state index is 10.7. The maximum Gasteiger partial charge on any atom is 0.271 e. The average molecular weight is 220 g/mol. The Bertz CT molecular complexity index is 441. The van der Waals surface area contributed by atoms with E-state index >= 15 is 0 Å². The molecule has 0 saturated carbocycles. The molecule has 0 fully saturated rings. The largest absolute Gasteiger partial charge is 0.380 e. The van der Waals surface area contributed by atoms with E-state index in [1.165, 1.54) is 5.56 Å². The number of nitrogens with zero attached hydrogens (tertiary/aromatic N) is 1. The highest BCUT2D eigenvalue weighted by molar-refractivity contribution is 5.61. The predicted molar refractivity (Wildman–Crippen MR) is 63.8 cm³/mol. The molecule has 86 valence electrons. The van der Waals surface area contributed by atoms with Crippen LogP contribution < -0.4 is 5.32 Å². The number of non-ortho nitro benzene ring substituents is 1. The minimum atomic E-state index is -0.353. The van der Waals surface area contributed by atoms with Crippen LogP contribution in [0.2, 0.25) is 0 Å². The van der Waals surface area contributed by atoms with Crippen molar-refractivity contribution in [3.05, 3.63) is 33.9 Å². The third-order valence-corrected chi connectivity index (χ3v) is 3.07. The number of hydrogen-bond donors (Lipinski definition) is 1. The summed E-state index contributed by atoms with van der Waals surface area (Å²) in [5.41, 5.74) is 2.22. The van der Waals surface area contributed by atoms with Gasteiger partial charge in [0.15, 0.2) is 0 Å². The molecule has 0 unspecified atom stereocenters. The molecular weight excluding hydrogens is 204 g/mol. The molecule has 0 radical (unpaired) electrons. The number of nitrogens with one attached hydrogen (secondary N) is 1. The van der Waals surface area contributed by atoms with E-state index in [4.69, 9.17) is 0 Å². The molecule has 4 heteroatoms. The number of anilines is 1. The first kappa shape index (κ1) is 10.9. The van der Waals surface area contributed by atoms with Crippen LogP contribution in [-0.2, 0) is 0 Å². The number of hydrogen-bond acceptors (Lipinski definition) is 3. The van der Waals surface area contributed by atoms with Gasteiger partial charge in [0.1, 0.15) is 0 Å². The van der Waals surface area contributed by atoms with E-state index in [2.05, 4.69) is 26.1 Å². The molecular formula is C12H16N2O2. The molecule has 1 aliphatic heterocycles. The van der Waals surface area contributed by atoms with Gasteiger partial charge in [-0.05, 0) is 37.8 Å². The second-order valence-electron chi connectivity index (χ2n) is 5.14. The second kappa shape index (κ2) is 3.47. The molecule has 16 heavy (non-hydrogen) atoms. The van der Waals surface area contributed by atoms with Crippen LogP contribution in [0.5, 0.6) is 0 Å². The first-order valence-electron chi connectivity index (χ1n) is 5.45. The Morgan fingerprint density at radius 1 is 1.50 bits per heavy atom. The minimum Gasteiger partial charge on any atom is -0.380 e. The van der Waals surface area contributed by atoms with Crippen molar-refractivity contribution in [2.45, 2.75) is 38.6 Å². The van der Waals surface area contributed by atoms with Crippen LogP contribution in [0.25, 0.3) is 0 Å². The number of nitro benzene ring substituents is 1. The third-order valence-electron chi connectivity index (χ3n) is 3.07. The van der Waals surface area contributed by atoms with Crippen molar-refractivity contribution in [2.75, 3.05) is 5.32 Å². The molecule has 1 aromatic rings. The zero-order chi connectivity index (χ0) is 11.9. The van der Waals surface area contributed by atoms with Gasteiger partial charge in [-0.25, -0.2) is 0 Å². The van der Waals surface area contributed by atoms with Crippen LogP contribution in [-0.4, -0.2) is 10.5 Å². The number of fused-ring (bicyclic) bond motifs is 1. The molecule has 1 heterocycles. The lowest BCUT2D eigenvalue weighted by molar-refractivity contribution is -0.384. The molecule has 0 spiro atoms. The van der Waals surface area contributed by atoms with Crippen LogP contribution >= 0.6 is 0 Å². The van der Waals surface area contributed by atoms with Gasteiger partial charge in [-0.3, -0.25) is 10.1 Å². The van der Waals surface area contributed by atoms with Gasteiger partial charge in [-0.1, -0.05) is 6.92 Å². The van der Waals surface area contributed by atoms with Gasteiger partial charge in [0.2, 0.25) is 0 Å². The summed E-state index contributed by atoms with van der Waals surface area (Å²) in [5.74, 6) is 0.437. The summed E-state index contributed by atoms with van der Waals surface area (Å²) < 4.78 is 0. The molecule has 0 aromatic heterocycles. The monoisotopic (exact) mass is 220 g/mol. The first-order valence-corrected chi connectivity index (χ1v) is 5.45. The summed E-state index contributed by atoms with van der Waals surface area (Å²) >= 11 is 0. The Labute approximate surface area is 94.8 Å². The van der Waals surface area contributed by atoms with E-state index in [0.29, 0.717) is 5.92 Å². The fourth-order valence-electron chi connectivity index (χ4n) is 2.49. The maximum atomic E-state index is 10.7. The Morgan fingerprint density at radius 3 is 2.81 bits per heavy atom. The quantitative estimate of drug-likeness (QED) is 0.583. The average Bonchev–Trinajstić information content (AvgIpc) is 2.14. The molecule has 0 bridgehead atoms. The zero-order valence-electron chi connectivity index (χ0n) is 9.78. The number of benzene rings is 1. The van der Waals surface area contributed by atoms with Crippen LogP contribution in [0, 0.1) is 10.1 Å². The minimum absolute atomic E-state index is 0.00163. The molecule has 1 atom stereocenters. The van der Waals surface area contributed by atoms with Gasteiger partial charge in [-0.15, -0.1) is 0 Å². The molecule has 1 aliphatic rings. The summed E-state index contributed by atoms with van der Waals surface area (Å²) in [6, 6.07) is 5.07. The van der Waals surface area contributed by atoms with Gasteiger partial charge >= 0.3 is 0 Å². The van der Waals surface area contributed by atoms with Gasteiger partial charge < -0.3 is 5.32 Å². The van der Waals surface area contributed by atoms with Crippen molar-refractivity contribution in [3.63, 3.8) is 0 Å². The highest BCUT2D eigenvalue weighted by Gasteiger charge is 2.29. The van der Waals surface area contributed by atoms with Crippen LogP contribution in [0.15, 0.2) is 18.2 Å². The van der Waals surface area contributed by atoms with E-state index in [0.717, 1.165) is 12.1 Å². The second-order valence-corrected chi connectivity index (χ2v) is 5.14. The van der Waals surface area contributed by atoms with Crippen molar-refractivity contribution >= 4 is 11.4 Å². The standard InChI is InChI=1S/C12H16N2O2/c1-8-7-12(2,3)13-11-6-9(14(15)16)4-5-10(8)11/h4-6,8,13H,7H2,1-3H3/t8-/m1/s1.